The summed E-state index contributed by atoms with van der Waals surface area (Å²) in [6.45, 7) is 0.857. The van der Waals surface area contributed by atoms with Crippen LogP contribution in [0.4, 0.5) is 4.79 Å². The van der Waals surface area contributed by atoms with Crippen molar-refractivity contribution in [2.45, 2.75) is 12.6 Å². The van der Waals surface area contributed by atoms with E-state index in [0.29, 0.717) is 13.1 Å². The number of furan rings is 1. The molecule has 0 fully saturated rings. The van der Waals surface area contributed by atoms with E-state index in [2.05, 4.69) is 15.6 Å². The molecule has 1 unspecified atom stereocenters. The summed E-state index contributed by atoms with van der Waals surface area (Å²) >= 11 is 1.54. The van der Waals surface area contributed by atoms with Gasteiger partial charge in [0.15, 0.2) is 0 Å². The van der Waals surface area contributed by atoms with Crippen molar-refractivity contribution in [1.29, 1.82) is 0 Å². The lowest BCUT2D eigenvalue weighted by molar-refractivity contribution is 0.225. The van der Waals surface area contributed by atoms with Gasteiger partial charge in [0.2, 0.25) is 0 Å². The van der Waals surface area contributed by atoms with Gasteiger partial charge >= 0.3 is 6.03 Å². The molecule has 3 rings (SSSR count). The van der Waals surface area contributed by atoms with Crippen LogP contribution in [0.25, 0.3) is 11.3 Å². The van der Waals surface area contributed by atoms with Crippen LogP contribution < -0.4 is 10.6 Å². The summed E-state index contributed by atoms with van der Waals surface area (Å²) in [4.78, 5) is 18.7. The van der Waals surface area contributed by atoms with Gasteiger partial charge in [0.1, 0.15) is 10.8 Å². The minimum Gasteiger partial charge on any atom is -0.468 e. The average Bonchev–Trinajstić information content (AvgIpc) is 3.33. The largest absolute Gasteiger partial charge is 0.468 e. The molecular formula is C19H22N4O2S. The molecule has 6 nitrogen and oxygen atoms in total. The fourth-order valence-corrected chi connectivity index (χ4v) is 3.30. The zero-order chi connectivity index (χ0) is 18.4. The number of hydrogen-bond donors (Lipinski definition) is 2. The summed E-state index contributed by atoms with van der Waals surface area (Å²) in [6, 6.07) is 13.5. The Balaban J connectivity index is 1.49. The number of carbonyl (C=O) groups is 1. The van der Waals surface area contributed by atoms with Crippen LogP contribution in [0.15, 0.2) is 58.5 Å². The zero-order valence-electron chi connectivity index (χ0n) is 14.8. The number of thiazole rings is 1. The van der Waals surface area contributed by atoms with E-state index in [4.69, 9.17) is 4.42 Å². The quantitative estimate of drug-likeness (QED) is 0.668. The summed E-state index contributed by atoms with van der Waals surface area (Å²) in [5.74, 6) is 0.822. The maximum atomic E-state index is 12.1. The molecule has 1 atom stereocenters. The number of amides is 2. The number of nitrogens with zero attached hydrogens (tertiary/aromatic N) is 2. The van der Waals surface area contributed by atoms with E-state index in [9.17, 15) is 4.79 Å². The van der Waals surface area contributed by atoms with Crippen LogP contribution in [0, 0.1) is 0 Å². The number of urea groups is 1. The second kappa shape index (κ2) is 8.64. The minimum absolute atomic E-state index is 0.0136. The third-order valence-corrected chi connectivity index (χ3v) is 4.82. The van der Waals surface area contributed by atoms with Crippen molar-refractivity contribution in [3.05, 3.63) is 64.9 Å². The first-order valence-electron chi connectivity index (χ1n) is 8.35. The number of hydrogen-bond acceptors (Lipinski definition) is 5. The van der Waals surface area contributed by atoms with Gasteiger partial charge in [0, 0.05) is 17.5 Å². The van der Waals surface area contributed by atoms with Crippen LogP contribution in [-0.4, -0.2) is 36.6 Å². The first-order valence-corrected chi connectivity index (χ1v) is 9.23. The van der Waals surface area contributed by atoms with Crippen LogP contribution in [0.1, 0.15) is 16.8 Å². The molecule has 0 radical (unpaired) electrons. The van der Waals surface area contributed by atoms with Crippen molar-refractivity contribution in [3.8, 4) is 11.3 Å². The van der Waals surface area contributed by atoms with Gasteiger partial charge in [0.05, 0.1) is 24.5 Å². The lowest BCUT2D eigenvalue weighted by Crippen LogP contribution is -2.40. The number of aromatic nitrogens is 1. The first kappa shape index (κ1) is 18.2. The van der Waals surface area contributed by atoms with Gasteiger partial charge in [-0.25, -0.2) is 9.78 Å². The molecule has 2 amide bonds. The maximum Gasteiger partial charge on any atom is 0.315 e. The molecule has 1 aromatic carbocycles. The van der Waals surface area contributed by atoms with E-state index in [1.54, 1.807) is 6.26 Å². The molecule has 0 aliphatic carbocycles. The molecule has 3 aromatic rings. The van der Waals surface area contributed by atoms with Gasteiger partial charge < -0.3 is 15.1 Å². The fourth-order valence-electron chi connectivity index (χ4n) is 2.56. The number of benzene rings is 1. The standard InChI is InChI=1S/C19H22N4O2S/c1-23(2)16(17-9-6-10-25-17)11-20-19(24)21-12-18-22-15(13-26-18)14-7-4-3-5-8-14/h3-10,13,16H,11-12H2,1-2H3,(H2,20,21,24). The number of likely N-dealkylation sites (N-methyl/N-ethyl adjacent to an activating group) is 1. The van der Waals surface area contributed by atoms with Crippen LogP contribution in [0.2, 0.25) is 0 Å². The predicted octanol–water partition coefficient (Wildman–Crippen LogP) is 3.51. The molecule has 7 heteroatoms. The second-order valence-corrected chi connectivity index (χ2v) is 6.99. The van der Waals surface area contributed by atoms with Gasteiger partial charge in [0.25, 0.3) is 0 Å². The van der Waals surface area contributed by atoms with Crippen LogP contribution in [0.5, 0.6) is 0 Å². The minimum atomic E-state index is -0.222. The Hall–Kier alpha value is -2.64. The van der Waals surface area contributed by atoms with Gasteiger partial charge in [-0.2, -0.15) is 0 Å². The zero-order valence-corrected chi connectivity index (χ0v) is 15.6. The molecule has 2 aromatic heterocycles. The Morgan fingerprint density at radius 1 is 1.19 bits per heavy atom. The Labute approximate surface area is 156 Å². The van der Waals surface area contributed by atoms with Crippen molar-refractivity contribution in [1.82, 2.24) is 20.5 Å². The number of rotatable bonds is 7. The van der Waals surface area contributed by atoms with E-state index in [0.717, 1.165) is 22.0 Å². The lowest BCUT2D eigenvalue weighted by atomic mass is 10.2. The third kappa shape index (κ3) is 4.71. The SMILES string of the molecule is CN(C)C(CNC(=O)NCc1nc(-c2ccccc2)cs1)c1ccco1. The topological polar surface area (TPSA) is 70.4 Å². The summed E-state index contributed by atoms with van der Waals surface area (Å²) in [5, 5.41) is 8.61. The smallest absolute Gasteiger partial charge is 0.315 e. The molecule has 0 aliphatic heterocycles. The van der Waals surface area contributed by atoms with Gasteiger partial charge in [-0.15, -0.1) is 11.3 Å². The Bertz CT molecular complexity index is 815. The van der Waals surface area contributed by atoms with E-state index in [1.165, 1.54) is 11.3 Å². The fraction of sp³-hybridized carbons (Fsp3) is 0.263. The van der Waals surface area contributed by atoms with Crippen LogP contribution in [0.3, 0.4) is 0 Å². The van der Waals surface area contributed by atoms with E-state index in [-0.39, 0.29) is 12.1 Å². The van der Waals surface area contributed by atoms with E-state index in [1.807, 2.05) is 66.8 Å². The summed E-state index contributed by atoms with van der Waals surface area (Å²) in [7, 11) is 3.90. The van der Waals surface area contributed by atoms with Crippen molar-refractivity contribution in [2.75, 3.05) is 20.6 Å². The molecule has 2 N–H and O–H groups in total. The highest BCUT2D eigenvalue weighted by atomic mass is 32.1. The lowest BCUT2D eigenvalue weighted by Gasteiger charge is -2.22. The molecule has 0 spiro atoms. The van der Waals surface area contributed by atoms with Gasteiger partial charge in [-0.3, -0.25) is 4.90 Å². The molecule has 0 aliphatic rings. The molecule has 0 saturated heterocycles. The Kier molecular flexibility index (Phi) is 6.04. The first-order chi connectivity index (χ1) is 12.6. The summed E-state index contributed by atoms with van der Waals surface area (Å²) in [5.41, 5.74) is 2.00. The third-order valence-electron chi connectivity index (χ3n) is 3.97. The highest BCUT2D eigenvalue weighted by molar-refractivity contribution is 7.09. The summed E-state index contributed by atoms with van der Waals surface area (Å²) in [6.07, 6.45) is 1.64. The maximum absolute atomic E-state index is 12.1. The van der Waals surface area contributed by atoms with Crippen LogP contribution in [-0.2, 0) is 6.54 Å². The molecule has 0 saturated carbocycles. The molecular weight excluding hydrogens is 348 g/mol. The van der Waals surface area contributed by atoms with Crippen molar-refractivity contribution >= 4 is 17.4 Å². The molecule has 136 valence electrons. The predicted molar refractivity (Wildman–Crippen MR) is 103 cm³/mol. The summed E-state index contributed by atoms with van der Waals surface area (Å²) < 4.78 is 5.44. The monoisotopic (exact) mass is 370 g/mol. The highest BCUT2D eigenvalue weighted by Gasteiger charge is 2.17. The van der Waals surface area contributed by atoms with Crippen molar-refractivity contribution in [3.63, 3.8) is 0 Å². The van der Waals surface area contributed by atoms with Crippen LogP contribution >= 0.6 is 11.3 Å². The van der Waals surface area contributed by atoms with Crippen molar-refractivity contribution < 1.29 is 9.21 Å². The Morgan fingerprint density at radius 3 is 2.69 bits per heavy atom. The average molecular weight is 370 g/mol. The molecule has 2 heterocycles. The van der Waals surface area contributed by atoms with E-state index < -0.39 is 0 Å². The van der Waals surface area contributed by atoms with E-state index >= 15 is 0 Å². The molecule has 0 bridgehead atoms. The highest BCUT2D eigenvalue weighted by Crippen LogP contribution is 2.21. The van der Waals surface area contributed by atoms with Gasteiger partial charge in [-0.1, -0.05) is 30.3 Å². The van der Waals surface area contributed by atoms with Crippen molar-refractivity contribution in [2.24, 2.45) is 0 Å². The normalized spacial score (nSPS) is 12.1. The Morgan fingerprint density at radius 2 is 2.00 bits per heavy atom. The number of carbonyl (C=O) groups excluding carboxylic acids is 1. The number of nitrogens with one attached hydrogen (secondary N) is 2. The molecule has 26 heavy (non-hydrogen) atoms. The second-order valence-electron chi connectivity index (χ2n) is 6.05. The van der Waals surface area contributed by atoms with Gasteiger partial charge in [-0.05, 0) is 26.2 Å².